The van der Waals surface area contributed by atoms with Crippen molar-refractivity contribution in [1.29, 1.82) is 0 Å². The number of hydrogen-bond donors (Lipinski definition) is 1. The second kappa shape index (κ2) is 9.47. The highest BCUT2D eigenvalue weighted by molar-refractivity contribution is 5.80. The molecule has 2 aromatic carbocycles. The third kappa shape index (κ3) is 4.22. The molecule has 2 aromatic heterocycles. The van der Waals surface area contributed by atoms with Crippen molar-refractivity contribution in [3.05, 3.63) is 71.3 Å². The van der Waals surface area contributed by atoms with E-state index in [1.165, 1.54) is 54.9 Å². The van der Waals surface area contributed by atoms with Crippen LogP contribution in [0.3, 0.4) is 0 Å². The fraction of sp³-hybridized carbons (Fsp3) is 0.385. The summed E-state index contributed by atoms with van der Waals surface area (Å²) < 4.78 is 2.51. The number of nitrogens with zero attached hydrogens (tertiary/aromatic N) is 5. The fourth-order valence-corrected chi connectivity index (χ4v) is 4.72. The maximum atomic E-state index is 5.09. The lowest BCUT2D eigenvalue weighted by Gasteiger charge is -2.13. The summed E-state index contributed by atoms with van der Waals surface area (Å²) in [5.41, 5.74) is 7.38. The summed E-state index contributed by atoms with van der Waals surface area (Å²) in [4.78, 5) is 5.09. The van der Waals surface area contributed by atoms with Gasteiger partial charge in [0.15, 0.2) is 0 Å². The molecule has 0 bridgehead atoms. The van der Waals surface area contributed by atoms with Gasteiger partial charge in [0, 0.05) is 24.2 Å². The first-order chi connectivity index (χ1) is 15.8. The van der Waals surface area contributed by atoms with Crippen LogP contribution in [0, 0.1) is 0 Å². The maximum Gasteiger partial charge on any atom is 0.205 e. The smallest absolute Gasteiger partial charge is 0.205 e. The van der Waals surface area contributed by atoms with E-state index in [1.54, 1.807) is 0 Å². The summed E-state index contributed by atoms with van der Waals surface area (Å²) in [5.74, 6) is 1.89. The molecule has 0 spiro atoms. The summed E-state index contributed by atoms with van der Waals surface area (Å²) in [6.45, 7) is 3.15. The molecule has 0 amide bonds. The molecule has 0 atom stereocenters. The van der Waals surface area contributed by atoms with E-state index in [0.717, 1.165) is 42.5 Å². The Kier molecular flexibility index (Phi) is 6.10. The summed E-state index contributed by atoms with van der Waals surface area (Å²) in [6.07, 6.45) is 9.61. The summed E-state index contributed by atoms with van der Waals surface area (Å²) in [6, 6.07) is 17.1. The van der Waals surface area contributed by atoms with Crippen LogP contribution in [0.1, 0.15) is 61.8 Å². The Balaban J connectivity index is 1.43. The lowest BCUT2D eigenvalue weighted by molar-refractivity contribution is 0.632. The van der Waals surface area contributed by atoms with Gasteiger partial charge in [-0.05, 0) is 54.0 Å². The van der Waals surface area contributed by atoms with Gasteiger partial charge in [-0.25, -0.2) is 4.98 Å². The van der Waals surface area contributed by atoms with Crippen LogP contribution in [0.25, 0.3) is 22.5 Å². The molecule has 1 N–H and O–H groups in total. The Labute approximate surface area is 189 Å². The molecule has 1 aliphatic carbocycles. The fourth-order valence-electron chi connectivity index (χ4n) is 4.72. The highest BCUT2D eigenvalue weighted by Crippen LogP contribution is 2.30. The van der Waals surface area contributed by atoms with E-state index >= 15 is 0 Å². The molecule has 32 heavy (non-hydrogen) atoms. The predicted molar refractivity (Wildman–Crippen MR) is 126 cm³/mol. The molecular weight excluding hydrogens is 396 g/mol. The number of hydrogen-bond acceptors (Lipinski definition) is 4. The van der Waals surface area contributed by atoms with Crippen molar-refractivity contribution in [2.45, 2.75) is 64.8 Å². The average Bonchev–Trinajstić information content (AvgIpc) is 3.41. The molecule has 5 rings (SSSR count). The number of tetrazole rings is 1. The van der Waals surface area contributed by atoms with Crippen molar-refractivity contribution >= 4 is 0 Å². The third-order valence-corrected chi connectivity index (χ3v) is 6.43. The molecule has 0 aliphatic heterocycles. The van der Waals surface area contributed by atoms with Gasteiger partial charge < -0.3 is 4.57 Å². The first-order valence-corrected chi connectivity index (χ1v) is 11.8. The number of aryl methyl sites for hydroxylation is 2. The first-order valence-electron chi connectivity index (χ1n) is 11.8. The quantitative estimate of drug-likeness (QED) is 0.402. The van der Waals surface area contributed by atoms with Crippen LogP contribution >= 0.6 is 0 Å². The normalized spacial score (nSPS) is 13.7. The van der Waals surface area contributed by atoms with Crippen LogP contribution in [-0.2, 0) is 25.8 Å². The molecule has 0 radical (unpaired) electrons. The molecule has 2 heterocycles. The van der Waals surface area contributed by atoms with Gasteiger partial charge >= 0.3 is 0 Å². The topological polar surface area (TPSA) is 72.3 Å². The van der Waals surface area contributed by atoms with Gasteiger partial charge in [0.05, 0.1) is 5.69 Å². The Bertz CT molecular complexity index is 1160. The number of H-pyrrole nitrogens is 1. The Morgan fingerprint density at radius 3 is 2.53 bits per heavy atom. The number of nitrogens with one attached hydrogen (secondary N) is 1. The number of aromatic amines is 1. The zero-order valence-corrected chi connectivity index (χ0v) is 18.7. The van der Waals surface area contributed by atoms with Crippen molar-refractivity contribution in [3.8, 4) is 22.5 Å². The summed E-state index contributed by atoms with van der Waals surface area (Å²) >= 11 is 0. The summed E-state index contributed by atoms with van der Waals surface area (Å²) in [7, 11) is 0. The van der Waals surface area contributed by atoms with Crippen LogP contribution in [0.4, 0.5) is 0 Å². The minimum absolute atomic E-state index is 0.617. The van der Waals surface area contributed by atoms with Gasteiger partial charge in [0.1, 0.15) is 5.82 Å². The van der Waals surface area contributed by atoms with E-state index in [1.807, 2.05) is 18.2 Å². The van der Waals surface area contributed by atoms with E-state index in [2.05, 4.69) is 62.4 Å². The van der Waals surface area contributed by atoms with Crippen LogP contribution in [0.5, 0.6) is 0 Å². The minimum Gasteiger partial charge on any atom is -0.327 e. The Morgan fingerprint density at radius 2 is 1.75 bits per heavy atom. The standard InChI is InChI=1S/C26H30N6/c1-2-3-13-25-27-23-11-5-4-6-12-24(23)32(25)18-19-14-16-20(17-15-19)21-9-7-8-10-22(21)26-28-30-31-29-26/h7-10,14-17H,2-6,11-13,18H2,1H3,(H,28,29,30,31). The molecule has 1 aliphatic rings. The zero-order valence-electron chi connectivity index (χ0n) is 18.7. The largest absolute Gasteiger partial charge is 0.327 e. The Hall–Kier alpha value is -3.28. The number of benzene rings is 2. The van der Waals surface area contributed by atoms with Gasteiger partial charge in [0.25, 0.3) is 0 Å². The van der Waals surface area contributed by atoms with Crippen molar-refractivity contribution in [3.63, 3.8) is 0 Å². The molecule has 0 unspecified atom stereocenters. The highest BCUT2D eigenvalue weighted by Gasteiger charge is 2.19. The van der Waals surface area contributed by atoms with E-state index in [0.29, 0.717) is 5.82 Å². The summed E-state index contributed by atoms with van der Waals surface area (Å²) in [5, 5.41) is 14.6. The molecule has 6 nitrogen and oxygen atoms in total. The van der Waals surface area contributed by atoms with Gasteiger partial charge in [-0.15, -0.1) is 10.2 Å². The number of unbranched alkanes of at least 4 members (excludes halogenated alkanes) is 1. The molecule has 4 aromatic rings. The molecular formula is C26H30N6. The van der Waals surface area contributed by atoms with Gasteiger partial charge in [-0.1, -0.05) is 68.3 Å². The van der Waals surface area contributed by atoms with Gasteiger partial charge in [-0.2, -0.15) is 5.21 Å². The molecule has 164 valence electrons. The second-order valence-corrected chi connectivity index (χ2v) is 8.65. The molecule has 0 fully saturated rings. The number of imidazole rings is 1. The zero-order chi connectivity index (χ0) is 21.8. The van der Waals surface area contributed by atoms with E-state index in [9.17, 15) is 0 Å². The van der Waals surface area contributed by atoms with Gasteiger partial charge in [0.2, 0.25) is 5.82 Å². The predicted octanol–water partition coefficient (Wildman–Crippen LogP) is 5.39. The highest BCUT2D eigenvalue weighted by atomic mass is 15.5. The van der Waals surface area contributed by atoms with Crippen LogP contribution < -0.4 is 0 Å². The average molecular weight is 427 g/mol. The number of fused-ring (bicyclic) bond motifs is 1. The van der Waals surface area contributed by atoms with Crippen molar-refractivity contribution in [1.82, 2.24) is 30.2 Å². The maximum absolute atomic E-state index is 5.09. The van der Waals surface area contributed by atoms with Crippen LogP contribution in [0.2, 0.25) is 0 Å². The monoisotopic (exact) mass is 426 g/mol. The van der Waals surface area contributed by atoms with Crippen molar-refractivity contribution in [2.24, 2.45) is 0 Å². The van der Waals surface area contributed by atoms with Gasteiger partial charge in [-0.3, -0.25) is 0 Å². The SMILES string of the molecule is CCCCc1nc2c(n1Cc1ccc(-c3ccccc3-c3nn[nH]n3)cc1)CCCCC2. The number of aromatic nitrogens is 6. The minimum atomic E-state index is 0.617. The lowest BCUT2D eigenvalue weighted by Crippen LogP contribution is -2.09. The van der Waals surface area contributed by atoms with Crippen LogP contribution in [-0.4, -0.2) is 30.2 Å². The van der Waals surface area contributed by atoms with E-state index < -0.39 is 0 Å². The third-order valence-electron chi connectivity index (χ3n) is 6.43. The lowest BCUT2D eigenvalue weighted by atomic mass is 9.98. The number of rotatable bonds is 7. The van der Waals surface area contributed by atoms with E-state index in [4.69, 9.17) is 4.98 Å². The molecule has 6 heteroatoms. The van der Waals surface area contributed by atoms with Crippen molar-refractivity contribution in [2.75, 3.05) is 0 Å². The molecule has 0 saturated carbocycles. The second-order valence-electron chi connectivity index (χ2n) is 8.65. The Morgan fingerprint density at radius 1 is 0.938 bits per heavy atom. The van der Waals surface area contributed by atoms with E-state index in [-0.39, 0.29) is 0 Å². The van der Waals surface area contributed by atoms with Crippen LogP contribution in [0.15, 0.2) is 48.5 Å². The van der Waals surface area contributed by atoms with Crippen molar-refractivity contribution < 1.29 is 0 Å². The first kappa shape index (κ1) is 20.6. The molecule has 0 saturated heterocycles.